The van der Waals surface area contributed by atoms with Crippen LogP contribution in [0.1, 0.15) is 50.4 Å². The monoisotopic (exact) mass is 390 g/mol. The number of benzene rings is 1. The summed E-state index contributed by atoms with van der Waals surface area (Å²) in [6.07, 6.45) is 5.38. The summed E-state index contributed by atoms with van der Waals surface area (Å²) in [5, 5.41) is 4.02. The van der Waals surface area contributed by atoms with Gasteiger partial charge in [-0.25, -0.2) is 9.37 Å². The van der Waals surface area contributed by atoms with Crippen LogP contribution in [0.2, 0.25) is 0 Å². The van der Waals surface area contributed by atoms with Gasteiger partial charge in [-0.2, -0.15) is 4.37 Å². The molecule has 5 nitrogen and oxygen atoms in total. The van der Waals surface area contributed by atoms with Gasteiger partial charge in [-0.3, -0.25) is 4.79 Å². The van der Waals surface area contributed by atoms with Crippen molar-refractivity contribution in [2.45, 2.75) is 45.4 Å². The van der Waals surface area contributed by atoms with Gasteiger partial charge < -0.3 is 10.2 Å². The van der Waals surface area contributed by atoms with E-state index in [1.54, 1.807) is 12.1 Å². The van der Waals surface area contributed by atoms with Gasteiger partial charge in [0, 0.05) is 44.0 Å². The molecule has 3 rings (SSSR count). The predicted octanol–water partition coefficient (Wildman–Crippen LogP) is 3.79. The van der Waals surface area contributed by atoms with Gasteiger partial charge in [0.2, 0.25) is 11.0 Å². The molecule has 0 atom stereocenters. The first kappa shape index (κ1) is 19.7. The number of unbranched alkanes of at least 4 members (excludes halogenated alkanes) is 1. The third kappa shape index (κ3) is 5.99. The van der Waals surface area contributed by atoms with Crippen molar-refractivity contribution >= 4 is 22.6 Å². The SMILES string of the molecule is CCCCC(=O)NCC1CCN(c2nc(Cc3ccc(F)cc3)ns2)CC1. The Labute approximate surface area is 164 Å². The average molecular weight is 391 g/mol. The highest BCUT2D eigenvalue weighted by Crippen LogP contribution is 2.25. The Kier molecular flexibility index (Phi) is 7.15. The molecule has 146 valence electrons. The molecule has 1 saturated heterocycles. The number of rotatable bonds is 8. The molecule has 2 heterocycles. The molecule has 7 heteroatoms. The minimum absolute atomic E-state index is 0.175. The number of piperidine rings is 1. The lowest BCUT2D eigenvalue weighted by Crippen LogP contribution is -2.38. The van der Waals surface area contributed by atoms with E-state index >= 15 is 0 Å². The number of aromatic nitrogens is 2. The molecule has 1 aromatic carbocycles. The third-order valence-corrected chi connectivity index (χ3v) is 5.78. The van der Waals surface area contributed by atoms with Crippen molar-refractivity contribution in [1.82, 2.24) is 14.7 Å². The standard InChI is InChI=1S/C20H27FN4OS/c1-2-3-4-19(26)22-14-16-9-11-25(12-10-16)20-23-18(24-27-20)13-15-5-7-17(21)8-6-15/h5-8,16H,2-4,9-14H2,1H3,(H,22,26). The zero-order valence-electron chi connectivity index (χ0n) is 15.8. The maximum absolute atomic E-state index is 13.0. The smallest absolute Gasteiger partial charge is 0.220 e. The van der Waals surface area contributed by atoms with Crippen molar-refractivity contribution in [2.24, 2.45) is 5.92 Å². The second-order valence-corrected chi connectivity index (χ2v) is 7.86. The summed E-state index contributed by atoms with van der Waals surface area (Å²) in [4.78, 5) is 18.7. The van der Waals surface area contributed by atoms with Gasteiger partial charge in [-0.05, 0) is 42.9 Å². The van der Waals surface area contributed by atoms with E-state index in [2.05, 4.69) is 26.5 Å². The minimum atomic E-state index is -0.227. The van der Waals surface area contributed by atoms with Crippen molar-refractivity contribution in [1.29, 1.82) is 0 Å². The molecule has 0 spiro atoms. The van der Waals surface area contributed by atoms with Gasteiger partial charge in [0.1, 0.15) is 11.6 Å². The molecule has 1 amide bonds. The van der Waals surface area contributed by atoms with Crippen molar-refractivity contribution in [3.63, 3.8) is 0 Å². The van der Waals surface area contributed by atoms with Crippen LogP contribution in [-0.4, -0.2) is 34.9 Å². The van der Waals surface area contributed by atoms with E-state index in [1.807, 2.05) is 0 Å². The van der Waals surface area contributed by atoms with Crippen LogP contribution in [-0.2, 0) is 11.2 Å². The highest BCUT2D eigenvalue weighted by Gasteiger charge is 2.22. The molecule has 1 N–H and O–H groups in total. The second-order valence-electron chi connectivity index (χ2n) is 7.13. The molecule has 1 aromatic heterocycles. The van der Waals surface area contributed by atoms with E-state index in [0.717, 1.165) is 61.8 Å². The number of carbonyl (C=O) groups excluding carboxylic acids is 1. The predicted molar refractivity (Wildman–Crippen MR) is 107 cm³/mol. The topological polar surface area (TPSA) is 58.1 Å². The Hall–Kier alpha value is -2.02. The first-order valence-electron chi connectivity index (χ1n) is 9.72. The second kappa shape index (κ2) is 9.78. The minimum Gasteiger partial charge on any atom is -0.356 e. The average Bonchev–Trinajstić information content (AvgIpc) is 3.15. The maximum Gasteiger partial charge on any atom is 0.220 e. The number of halogens is 1. The number of carbonyl (C=O) groups is 1. The first-order valence-corrected chi connectivity index (χ1v) is 10.5. The molecule has 0 unspecified atom stereocenters. The highest BCUT2D eigenvalue weighted by molar-refractivity contribution is 7.09. The Morgan fingerprint density at radius 3 is 2.74 bits per heavy atom. The number of amides is 1. The lowest BCUT2D eigenvalue weighted by molar-refractivity contribution is -0.121. The summed E-state index contributed by atoms with van der Waals surface area (Å²) in [5.74, 6) is 1.27. The maximum atomic E-state index is 13.0. The van der Waals surface area contributed by atoms with Crippen LogP contribution < -0.4 is 10.2 Å². The molecule has 27 heavy (non-hydrogen) atoms. The van der Waals surface area contributed by atoms with E-state index in [4.69, 9.17) is 0 Å². The molecule has 1 aliphatic heterocycles. The largest absolute Gasteiger partial charge is 0.356 e. The first-order chi connectivity index (χ1) is 13.1. The zero-order chi connectivity index (χ0) is 19.1. The molecule has 0 saturated carbocycles. The fourth-order valence-electron chi connectivity index (χ4n) is 3.24. The molecule has 0 radical (unpaired) electrons. The van der Waals surface area contributed by atoms with E-state index < -0.39 is 0 Å². The Bertz CT molecular complexity index is 726. The number of nitrogens with zero attached hydrogens (tertiary/aromatic N) is 3. The molecule has 1 fully saturated rings. The van der Waals surface area contributed by atoms with E-state index in [-0.39, 0.29) is 11.7 Å². The van der Waals surface area contributed by atoms with Gasteiger partial charge in [-0.1, -0.05) is 25.5 Å². The molecule has 2 aromatic rings. The van der Waals surface area contributed by atoms with E-state index in [0.29, 0.717) is 18.8 Å². The van der Waals surface area contributed by atoms with Crippen LogP contribution >= 0.6 is 11.5 Å². The summed E-state index contributed by atoms with van der Waals surface area (Å²) in [5.41, 5.74) is 1.01. The summed E-state index contributed by atoms with van der Waals surface area (Å²) < 4.78 is 17.5. The van der Waals surface area contributed by atoms with Crippen molar-refractivity contribution in [3.05, 3.63) is 41.5 Å². The lowest BCUT2D eigenvalue weighted by atomic mass is 9.97. The van der Waals surface area contributed by atoms with Crippen molar-refractivity contribution in [2.75, 3.05) is 24.5 Å². The molecular formula is C20H27FN4OS. The number of hydrogen-bond acceptors (Lipinski definition) is 5. The van der Waals surface area contributed by atoms with Crippen molar-refractivity contribution < 1.29 is 9.18 Å². The van der Waals surface area contributed by atoms with Crippen LogP contribution in [0.25, 0.3) is 0 Å². The third-order valence-electron chi connectivity index (χ3n) is 4.96. The highest BCUT2D eigenvalue weighted by atomic mass is 32.1. The van der Waals surface area contributed by atoms with Gasteiger partial charge in [0.15, 0.2) is 0 Å². The van der Waals surface area contributed by atoms with Crippen molar-refractivity contribution in [3.8, 4) is 0 Å². The summed E-state index contributed by atoms with van der Waals surface area (Å²) >= 11 is 1.43. The van der Waals surface area contributed by atoms with Crippen LogP contribution in [0.5, 0.6) is 0 Å². The van der Waals surface area contributed by atoms with E-state index in [1.165, 1.54) is 23.7 Å². The number of hydrogen-bond donors (Lipinski definition) is 1. The summed E-state index contributed by atoms with van der Waals surface area (Å²) in [6, 6.07) is 6.48. The van der Waals surface area contributed by atoms with Crippen LogP contribution in [0, 0.1) is 11.7 Å². The fourth-order valence-corrected chi connectivity index (χ4v) is 3.98. The Balaban J connectivity index is 1.44. The van der Waals surface area contributed by atoms with E-state index in [9.17, 15) is 9.18 Å². The van der Waals surface area contributed by atoms with Gasteiger partial charge in [0.25, 0.3) is 0 Å². The Morgan fingerprint density at radius 2 is 2.04 bits per heavy atom. The molecule has 1 aliphatic rings. The lowest BCUT2D eigenvalue weighted by Gasteiger charge is -2.31. The zero-order valence-corrected chi connectivity index (χ0v) is 16.6. The molecular weight excluding hydrogens is 363 g/mol. The van der Waals surface area contributed by atoms with Gasteiger partial charge >= 0.3 is 0 Å². The normalized spacial score (nSPS) is 15.1. The quantitative estimate of drug-likeness (QED) is 0.745. The molecule has 0 bridgehead atoms. The number of nitrogens with one attached hydrogen (secondary N) is 1. The van der Waals surface area contributed by atoms with Gasteiger partial charge in [-0.15, -0.1) is 0 Å². The van der Waals surface area contributed by atoms with Crippen LogP contribution in [0.15, 0.2) is 24.3 Å². The van der Waals surface area contributed by atoms with Crippen LogP contribution in [0.3, 0.4) is 0 Å². The molecule has 0 aliphatic carbocycles. The van der Waals surface area contributed by atoms with Crippen LogP contribution in [0.4, 0.5) is 9.52 Å². The number of anilines is 1. The summed E-state index contributed by atoms with van der Waals surface area (Å²) in [6.45, 7) is 4.77. The fraction of sp³-hybridized carbons (Fsp3) is 0.550. The summed E-state index contributed by atoms with van der Waals surface area (Å²) in [7, 11) is 0. The van der Waals surface area contributed by atoms with Gasteiger partial charge in [0.05, 0.1) is 0 Å². The Morgan fingerprint density at radius 1 is 1.30 bits per heavy atom.